The van der Waals surface area contributed by atoms with Gasteiger partial charge in [0.1, 0.15) is 4.90 Å². The molecule has 0 unspecified atom stereocenters. The number of hydrogen-bond acceptors (Lipinski definition) is 7. The van der Waals surface area contributed by atoms with Crippen molar-refractivity contribution in [2.75, 3.05) is 7.11 Å². The summed E-state index contributed by atoms with van der Waals surface area (Å²) in [6.45, 7) is 1.86. The van der Waals surface area contributed by atoms with Crippen LogP contribution in [0.4, 0.5) is 5.69 Å². The van der Waals surface area contributed by atoms with Gasteiger partial charge in [-0.2, -0.15) is 8.42 Å². The average Bonchev–Trinajstić information content (AvgIpc) is 3.15. The predicted molar refractivity (Wildman–Crippen MR) is 145 cm³/mol. The van der Waals surface area contributed by atoms with E-state index in [1.807, 2.05) is 31.2 Å². The lowest BCUT2D eigenvalue weighted by atomic mass is 10.2. The first-order chi connectivity index (χ1) is 16.7. The second kappa shape index (κ2) is 10.6. The van der Waals surface area contributed by atoms with Crippen molar-refractivity contribution in [3.63, 3.8) is 0 Å². The average molecular weight is 638 g/mol. The van der Waals surface area contributed by atoms with Crippen molar-refractivity contribution in [3.8, 4) is 11.5 Å². The van der Waals surface area contributed by atoms with Gasteiger partial charge >= 0.3 is 10.1 Å². The highest BCUT2D eigenvalue weighted by Gasteiger charge is 2.25. The predicted octanol–water partition coefficient (Wildman–Crippen LogP) is 6.19. The van der Waals surface area contributed by atoms with Crippen LogP contribution in [0.15, 0.2) is 84.4 Å². The Bertz CT molecular complexity index is 1470. The zero-order valence-electron chi connectivity index (χ0n) is 18.4. The molecule has 1 saturated heterocycles. The van der Waals surface area contributed by atoms with Crippen LogP contribution in [0.1, 0.15) is 11.1 Å². The van der Waals surface area contributed by atoms with Crippen LogP contribution >= 0.6 is 43.6 Å². The number of rotatable bonds is 6. The number of aryl methyl sites for hydroxylation is 1. The number of amides is 1. The quantitative estimate of drug-likeness (QED) is 0.256. The van der Waals surface area contributed by atoms with Crippen molar-refractivity contribution in [1.29, 1.82) is 0 Å². The second-order valence-corrected chi connectivity index (χ2v) is 11.6. The van der Waals surface area contributed by atoms with E-state index < -0.39 is 10.1 Å². The van der Waals surface area contributed by atoms with E-state index >= 15 is 0 Å². The summed E-state index contributed by atoms with van der Waals surface area (Å²) in [6.07, 6.45) is 1.66. The summed E-state index contributed by atoms with van der Waals surface area (Å²) in [5.74, 6) is -0.0967. The van der Waals surface area contributed by atoms with Crippen molar-refractivity contribution >= 4 is 76.6 Å². The van der Waals surface area contributed by atoms with E-state index in [4.69, 9.17) is 8.92 Å². The summed E-state index contributed by atoms with van der Waals surface area (Å²) in [7, 11) is -2.68. The van der Waals surface area contributed by atoms with Crippen molar-refractivity contribution < 1.29 is 22.1 Å². The monoisotopic (exact) mass is 636 g/mol. The number of carbonyl (C=O) groups excluding carboxylic acids is 1. The van der Waals surface area contributed by atoms with Gasteiger partial charge in [0, 0.05) is 4.47 Å². The van der Waals surface area contributed by atoms with E-state index in [1.165, 1.54) is 31.0 Å². The molecule has 1 heterocycles. The van der Waals surface area contributed by atoms with Gasteiger partial charge in [-0.25, -0.2) is 4.99 Å². The van der Waals surface area contributed by atoms with Gasteiger partial charge in [0.25, 0.3) is 5.91 Å². The molecule has 0 saturated carbocycles. The van der Waals surface area contributed by atoms with Crippen LogP contribution < -0.4 is 14.2 Å². The number of aliphatic imine (C=N–C) groups is 1. The second-order valence-electron chi connectivity index (χ2n) is 7.32. The molecule has 1 N–H and O–H groups in total. The molecule has 11 heteroatoms. The minimum atomic E-state index is -4.08. The fraction of sp³-hybridized carbons (Fsp3) is 0.0833. The minimum Gasteiger partial charge on any atom is -0.493 e. The molecular formula is C24H18Br2N2O5S2. The number of carbonyl (C=O) groups is 1. The molecule has 1 fully saturated rings. The molecule has 180 valence electrons. The third-order valence-corrected chi connectivity index (χ3v) is 8.18. The maximum atomic E-state index is 12.8. The molecule has 0 spiro atoms. The Kier molecular flexibility index (Phi) is 7.70. The van der Waals surface area contributed by atoms with Crippen molar-refractivity contribution in [3.05, 3.63) is 85.6 Å². The Balaban J connectivity index is 1.61. The molecule has 0 atom stereocenters. The minimum absolute atomic E-state index is 0.00920. The van der Waals surface area contributed by atoms with Gasteiger partial charge in [-0.15, -0.1) is 0 Å². The van der Waals surface area contributed by atoms with E-state index in [0.717, 1.165) is 10.0 Å². The summed E-state index contributed by atoms with van der Waals surface area (Å²) in [4.78, 5) is 17.4. The number of benzene rings is 3. The lowest BCUT2D eigenvalue weighted by molar-refractivity contribution is -0.115. The topological polar surface area (TPSA) is 94.1 Å². The summed E-state index contributed by atoms with van der Waals surface area (Å²) < 4.78 is 37.5. The van der Waals surface area contributed by atoms with E-state index in [1.54, 1.807) is 30.3 Å². The number of nitrogens with one attached hydrogen (secondary N) is 1. The molecule has 0 aliphatic carbocycles. The van der Waals surface area contributed by atoms with E-state index in [2.05, 4.69) is 42.2 Å². The Hall–Kier alpha value is -2.60. The van der Waals surface area contributed by atoms with Crippen molar-refractivity contribution in [2.45, 2.75) is 11.8 Å². The Morgan fingerprint density at radius 3 is 2.43 bits per heavy atom. The van der Waals surface area contributed by atoms with Gasteiger partial charge in [0.05, 0.1) is 22.2 Å². The number of hydrogen-bond donors (Lipinski definition) is 1. The zero-order valence-corrected chi connectivity index (χ0v) is 23.2. The van der Waals surface area contributed by atoms with Crippen LogP contribution in [-0.2, 0) is 14.9 Å². The molecule has 3 aromatic carbocycles. The van der Waals surface area contributed by atoms with E-state index in [9.17, 15) is 13.2 Å². The standard InChI is InChI=1S/C24H18Br2N2O5S2/c1-14-7-9-16(10-8-14)35(30,31)33-22-18(26)11-15(12-20(22)32-2)13-21-23(29)28-24(34-21)27-19-6-4-3-5-17(19)25/h3-13H,1-2H3,(H,27,28,29)/b21-13+. The van der Waals surface area contributed by atoms with Crippen LogP contribution in [0.2, 0.25) is 0 Å². The highest BCUT2D eigenvalue weighted by molar-refractivity contribution is 9.11. The summed E-state index contributed by atoms with van der Waals surface area (Å²) in [5, 5.41) is 3.19. The molecule has 0 radical (unpaired) electrons. The van der Waals surface area contributed by atoms with Gasteiger partial charge in [-0.05, 0) is 98.6 Å². The Labute approximate surface area is 224 Å². The SMILES string of the molecule is COc1cc(/C=C2/SC(=Nc3ccccc3Br)NC2=O)cc(Br)c1OS(=O)(=O)c1ccc(C)cc1. The van der Waals surface area contributed by atoms with Gasteiger partial charge in [0.15, 0.2) is 16.7 Å². The lowest BCUT2D eigenvalue weighted by Gasteiger charge is -2.13. The maximum absolute atomic E-state index is 12.8. The molecule has 1 amide bonds. The number of ether oxygens (including phenoxy) is 1. The molecule has 3 aromatic rings. The normalized spacial score (nSPS) is 15.9. The first-order valence-corrected chi connectivity index (χ1v) is 13.9. The third-order valence-electron chi connectivity index (χ3n) is 4.78. The molecule has 0 aromatic heterocycles. The molecule has 35 heavy (non-hydrogen) atoms. The molecule has 4 rings (SSSR count). The number of thioether (sulfide) groups is 1. The third kappa shape index (κ3) is 5.97. The smallest absolute Gasteiger partial charge is 0.339 e. The lowest BCUT2D eigenvalue weighted by Crippen LogP contribution is -2.19. The first-order valence-electron chi connectivity index (χ1n) is 10.1. The summed E-state index contributed by atoms with van der Waals surface area (Å²) >= 11 is 8.00. The molecule has 1 aliphatic heterocycles. The number of nitrogens with zero attached hydrogens (tertiary/aromatic N) is 1. The number of methoxy groups -OCH3 is 1. The molecule has 7 nitrogen and oxygen atoms in total. The fourth-order valence-corrected chi connectivity index (χ4v) is 5.86. The van der Waals surface area contributed by atoms with Gasteiger partial charge in [-0.1, -0.05) is 29.8 Å². The highest BCUT2D eigenvalue weighted by Crippen LogP contribution is 2.40. The molecular weight excluding hydrogens is 620 g/mol. The summed E-state index contributed by atoms with van der Waals surface area (Å²) in [5.41, 5.74) is 2.23. The maximum Gasteiger partial charge on any atom is 0.339 e. The van der Waals surface area contributed by atoms with E-state index in [0.29, 0.717) is 25.8 Å². The zero-order chi connectivity index (χ0) is 25.2. The van der Waals surface area contributed by atoms with Crippen molar-refractivity contribution in [2.24, 2.45) is 4.99 Å². The number of amidine groups is 1. The van der Waals surface area contributed by atoms with Crippen LogP contribution in [0.5, 0.6) is 11.5 Å². The Morgan fingerprint density at radius 2 is 1.74 bits per heavy atom. The van der Waals surface area contributed by atoms with Crippen LogP contribution in [0, 0.1) is 6.92 Å². The number of halogens is 2. The molecule has 1 aliphatic rings. The Morgan fingerprint density at radius 1 is 1.03 bits per heavy atom. The largest absolute Gasteiger partial charge is 0.493 e. The molecule has 0 bridgehead atoms. The van der Waals surface area contributed by atoms with Crippen LogP contribution in [0.25, 0.3) is 6.08 Å². The number of para-hydroxylation sites is 1. The van der Waals surface area contributed by atoms with Gasteiger partial charge in [-0.3, -0.25) is 4.79 Å². The van der Waals surface area contributed by atoms with Gasteiger partial charge < -0.3 is 14.2 Å². The first kappa shape index (κ1) is 25.5. The van der Waals surface area contributed by atoms with Gasteiger partial charge in [0.2, 0.25) is 0 Å². The fourth-order valence-electron chi connectivity index (χ4n) is 3.05. The summed E-state index contributed by atoms with van der Waals surface area (Å²) in [6, 6.07) is 17.0. The van der Waals surface area contributed by atoms with Crippen LogP contribution in [0.3, 0.4) is 0 Å². The van der Waals surface area contributed by atoms with Crippen LogP contribution in [-0.4, -0.2) is 26.6 Å². The van der Waals surface area contributed by atoms with E-state index in [-0.39, 0.29) is 22.3 Å². The van der Waals surface area contributed by atoms with Crippen molar-refractivity contribution in [1.82, 2.24) is 5.32 Å². The highest BCUT2D eigenvalue weighted by atomic mass is 79.9.